The number of carbonyl (C=O) groups excluding carboxylic acids is 2. The zero-order chi connectivity index (χ0) is 21.0. The summed E-state index contributed by atoms with van der Waals surface area (Å²) in [7, 11) is 1.60. The summed E-state index contributed by atoms with van der Waals surface area (Å²) >= 11 is 0. The summed E-state index contributed by atoms with van der Waals surface area (Å²) in [6.07, 6.45) is 0. The van der Waals surface area contributed by atoms with Crippen molar-refractivity contribution >= 4 is 28.3 Å². The minimum absolute atomic E-state index is 0.0130. The lowest BCUT2D eigenvalue weighted by Crippen LogP contribution is -2.43. The number of ketones is 1. The first-order valence-electron chi connectivity index (χ1n) is 9.74. The minimum Gasteiger partial charge on any atom is -0.497 e. The first-order valence-corrected chi connectivity index (χ1v) is 9.74. The second-order valence-corrected chi connectivity index (χ2v) is 7.05. The molecule has 0 saturated carbocycles. The van der Waals surface area contributed by atoms with Crippen molar-refractivity contribution in [3.05, 3.63) is 59.8 Å². The third-order valence-electron chi connectivity index (χ3n) is 5.19. The van der Waals surface area contributed by atoms with Crippen molar-refractivity contribution in [2.75, 3.05) is 25.5 Å². The maximum Gasteiger partial charge on any atom is 0.238 e. The van der Waals surface area contributed by atoms with Crippen molar-refractivity contribution in [3.63, 3.8) is 0 Å². The second kappa shape index (κ2) is 8.92. The van der Waals surface area contributed by atoms with Crippen LogP contribution in [0.4, 0.5) is 5.69 Å². The van der Waals surface area contributed by atoms with Gasteiger partial charge < -0.3 is 15.0 Å². The van der Waals surface area contributed by atoms with Gasteiger partial charge in [0.2, 0.25) is 5.91 Å². The normalized spacial score (nSPS) is 12.2. The number of hydrogen-bond acceptors (Lipinski definition) is 4. The summed E-state index contributed by atoms with van der Waals surface area (Å²) in [4.78, 5) is 30.9. The van der Waals surface area contributed by atoms with Gasteiger partial charge in [0.15, 0.2) is 5.78 Å². The van der Waals surface area contributed by atoms with E-state index in [1.807, 2.05) is 49.9 Å². The van der Waals surface area contributed by atoms with Crippen LogP contribution in [0.5, 0.6) is 5.75 Å². The number of aromatic amines is 1. The maximum absolute atomic E-state index is 13.2. The smallest absolute Gasteiger partial charge is 0.238 e. The molecule has 0 radical (unpaired) electrons. The molecule has 1 heterocycles. The fraction of sp³-hybridized carbons (Fsp3) is 0.304. The molecule has 0 unspecified atom stereocenters. The number of ether oxygens (including phenoxy) is 1. The molecular weight excluding hydrogens is 366 g/mol. The highest BCUT2D eigenvalue weighted by molar-refractivity contribution is 6.11. The average Bonchev–Trinajstić information content (AvgIpc) is 3.07. The molecule has 0 bridgehead atoms. The number of likely N-dealkylation sites (N-methyl/N-ethyl adjacent to an activating group) is 1. The highest BCUT2D eigenvalue weighted by Gasteiger charge is 2.26. The number of para-hydroxylation sites is 1. The number of benzene rings is 2. The van der Waals surface area contributed by atoms with Crippen LogP contribution in [0, 0.1) is 6.92 Å². The molecule has 6 nitrogen and oxygen atoms in total. The van der Waals surface area contributed by atoms with Crippen molar-refractivity contribution < 1.29 is 14.3 Å². The lowest BCUT2D eigenvalue weighted by Gasteiger charge is -2.26. The van der Waals surface area contributed by atoms with Crippen LogP contribution in [0.25, 0.3) is 10.9 Å². The van der Waals surface area contributed by atoms with Gasteiger partial charge in [-0.1, -0.05) is 25.1 Å². The third kappa shape index (κ3) is 4.49. The van der Waals surface area contributed by atoms with Crippen LogP contribution >= 0.6 is 0 Å². The van der Waals surface area contributed by atoms with Gasteiger partial charge in [-0.3, -0.25) is 14.5 Å². The number of hydrogen-bond donors (Lipinski definition) is 2. The van der Waals surface area contributed by atoms with E-state index in [2.05, 4.69) is 10.3 Å². The molecule has 1 aromatic heterocycles. The van der Waals surface area contributed by atoms with E-state index in [4.69, 9.17) is 4.74 Å². The summed E-state index contributed by atoms with van der Waals surface area (Å²) in [5.74, 6) is 0.581. The molecule has 3 rings (SSSR count). The molecule has 0 aliphatic heterocycles. The van der Waals surface area contributed by atoms with Gasteiger partial charge in [0, 0.05) is 27.8 Å². The molecule has 0 spiro atoms. The lowest BCUT2D eigenvalue weighted by molar-refractivity contribution is -0.117. The summed E-state index contributed by atoms with van der Waals surface area (Å²) in [5.41, 5.74) is 3.18. The molecule has 0 saturated heterocycles. The van der Waals surface area contributed by atoms with Crippen molar-refractivity contribution in [2.24, 2.45) is 0 Å². The third-order valence-corrected chi connectivity index (χ3v) is 5.19. The molecule has 1 atom stereocenters. The fourth-order valence-corrected chi connectivity index (χ4v) is 3.55. The Morgan fingerprint density at radius 3 is 2.48 bits per heavy atom. The van der Waals surface area contributed by atoms with Crippen molar-refractivity contribution in [1.82, 2.24) is 9.88 Å². The van der Waals surface area contributed by atoms with Gasteiger partial charge in [0.25, 0.3) is 0 Å². The van der Waals surface area contributed by atoms with E-state index in [-0.39, 0.29) is 18.2 Å². The van der Waals surface area contributed by atoms with Gasteiger partial charge in [0.05, 0.1) is 19.7 Å². The zero-order valence-electron chi connectivity index (χ0n) is 17.3. The number of carbonyl (C=O) groups is 2. The zero-order valence-corrected chi connectivity index (χ0v) is 17.3. The maximum atomic E-state index is 13.2. The van der Waals surface area contributed by atoms with Crippen molar-refractivity contribution in [3.8, 4) is 5.75 Å². The minimum atomic E-state index is -0.417. The first kappa shape index (κ1) is 20.6. The predicted octanol–water partition coefficient (Wildman–Crippen LogP) is 4.02. The summed E-state index contributed by atoms with van der Waals surface area (Å²) < 4.78 is 5.13. The van der Waals surface area contributed by atoms with Crippen LogP contribution in [-0.4, -0.2) is 47.8 Å². The number of H-pyrrole nitrogens is 1. The molecule has 29 heavy (non-hydrogen) atoms. The summed E-state index contributed by atoms with van der Waals surface area (Å²) in [6, 6.07) is 14.5. The number of nitrogens with zero attached hydrogens (tertiary/aromatic N) is 1. The molecule has 6 heteroatoms. The first-order chi connectivity index (χ1) is 13.9. The van der Waals surface area contributed by atoms with E-state index >= 15 is 0 Å². The number of aromatic nitrogens is 1. The fourth-order valence-electron chi connectivity index (χ4n) is 3.55. The van der Waals surface area contributed by atoms with E-state index < -0.39 is 6.04 Å². The van der Waals surface area contributed by atoms with E-state index in [1.54, 1.807) is 31.4 Å². The standard InChI is InChI=1S/C23H27N3O3/c1-5-26(14-21(27)25-17-10-12-18(29-4)13-11-17)16(3)23(28)22-15(2)24-20-9-7-6-8-19(20)22/h6-13,16,24H,5,14H2,1-4H3,(H,25,27)/t16-/m1/s1. The van der Waals surface area contributed by atoms with Gasteiger partial charge in [-0.15, -0.1) is 0 Å². The average molecular weight is 393 g/mol. The Morgan fingerprint density at radius 1 is 1.14 bits per heavy atom. The number of amides is 1. The van der Waals surface area contributed by atoms with Crippen LogP contribution < -0.4 is 10.1 Å². The number of fused-ring (bicyclic) bond motifs is 1. The Bertz CT molecular complexity index is 1010. The highest BCUT2D eigenvalue weighted by atomic mass is 16.5. The van der Waals surface area contributed by atoms with E-state index in [0.717, 1.165) is 22.3 Å². The number of nitrogens with one attached hydrogen (secondary N) is 2. The van der Waals surface area contributed by atoms with Gasteiger partial charge in [0.1, 0.15) is 5.75 Å². The Labute approximate surface area is 170 Å². The number of anilines is 1. The van der Waals surface area contributed by atoms with Crippen molar-refractivity contribution in [1.29, 1.82) is 0 Å². The van der Waals surface area contributed by atoms with E-state index in [1.165, 1.54) is 0 Å². The van der Waals surface area contributed by atoms with E-state index in [9.17, 15) is 9.59 Å². The number of rotatable bonds is 8. The SMILES string of the molecule is CCN(CC(=O)Nc1ccc(OC)cc1)[C@H](C)C(=O)c1c(C)[nH]c2ccccc12. The van der Waals surface area contributed by atoms with Crippen LogP contribution in [0.2, 0.25) is 0 Å². The van der Waals surface area contributed by atoms with Crippen molar-refractivity contribution in [2.45, 2.75) is 26.8 Å². The molecule has 1 amide bonds. The van der Waals surface area contributed by atoms with Crippen LogP contribution in [0.1, 0.15) is 29.9 Å². The molecule has 0 aliphatic carbocycles. The molecule has 2 N–H and O–H groups in total. The van der Waals surface area contributed by atoms with Gasteiger partial charge in [-0.2, -0.15) is 0 Å². The Morgan fingerprint density at radius 2 is 1.83 bits per heavy atom. The van der Waals surface area contributed by atoms with Gasteiger partial charge in [-0.25, -0.2) is 0 Å². The number of aryl methyl sites for hydroxylation is 1. The lowest BCUT2D eigenvalue weighted by atomic mass is 10.0. The van der Waals surface area contributed by atoms with Crippen LogP contribution in [-0.2, 0) is 4.79 Å². The van der Waals surface area contributed by atoms with Crippen LogP contribution in [0.15, 0.2) is 48.5 Å². The quantitative estimate of drug-likeness (QED) is 0.567. The molecule has 0 aliphatic rings. The Kier molecular flexibility index (Phi) is 6.34. The molecule has 152 valence electrons. The molecular formula is C23H27N3O3. The summed E-state index contributed by atoms with van der Waals surface area (Å²) in [6.45, 7) is 6.44. The van der Waals surface area contributed by atoms with Gasteiger partial charge in [-0.05, 0) is 50.7 Å². The highest BCUT2D eigenvalue weighted by Crippen LogP contribution is 2.24. The monoisotopic (exact) mass is 393 g/mol. The van der Waals surface area contributed by atoms with Crippen LogP contribution in [0.3, 0.4) is 0 Å². The Hall–Kier alpha value is -3.12. The Balaban J connectivity index is 1.72. The number of Topliss-reactive ketones (excluding diaryl/α,β-unsaturated/α-hetero) is 1. The topological polar surface area (TPSA) is 74.4 Å². The number of methoxy groups -OCH3 is 1. The molecule has 0 fully saturated rings. The predicted molar refractivity (Wildman–Crippen MR) is 116 cm³/mol. The van der Waals surface area contributed by atoms with E-state index in [0.29, 0.717) is 17.8 Å². The summed E-state index contributed by atoms with van der Waals surface area (Å²) in [5, 5.41) is 3.79. The molecule has 3 aromatic rings. The largest absolute Gasteiger partial charge is 0.497 e. The van der Waals surface area contributed by atoms with Gasteiger partial charge >= 0.3 is 0 Å². The molecule has 2 aromatic carbocycles. The second-order valence-electron chi connectivity index (χ2n) is 7.05.